The molecule has 1 heterocycles. The molecule has 0 spiro atoms. The van der Waals surface area contributed by atoms with E-state index >= 15 is 0 Å². The fraction of sp³-hybridized carbons (Fsp3) is 0.320. The summed E-state index contributed by atoms with van der Waals surface area (Å²) in [6.07, 6.45) is 1.11. The fourth-order valence-corrected chi connectivity index (χ4v) is 3.61. The quantitative estimate of drug-likeness (QED) is 0.392. The lowest BCUT2D eigenvalue weighted by Crippen LogP contribution is -2.25. The molecule has 3 aromatic rings. The highest BCUT2D eigenvalue weighted by Gasteiger charge is 2.24. The van der Waals surface area contributed by atoms with E-state index in [4.69, 9.17) is 4.74 Å². The van der Waals surface area contributed by atoms with Crippen LogP contribution in [0.25, 0.3) is 10.9 Å². The van der Waals surface area contributed by atoms with E-state index in [1.54, 1.807) is 19.1 Å². The SMILES string of the molecule is CCCc1ccc(C(=O)CCC(=O)O[C@@H](C)C(=O)c2c(C)[nH]c3ccccc23)cc1. The van der Waals surface area contributed by atoms with Gasteiger partial charge < -0.3 is 9.72 Å². The molecule has 30 heavy (non-hydrogen) atoms. The molecule has 1 aromatic heterocycles. The van der Waals surface area contributed by atoms with Gasteiger partial charge in [0.2, 0.25) is 5.78 Å². The summed E-state index contributed by atoms with van der Waals surface area (Å²) in [4.78, 5) is 40.6. The highest BCUT2D eigenvalue weighted by atomic mass is 16.5. The van der Waals surface area contributed by atoms with Crippen LogP contribution in [0, 0.1) is 6.92 Å². The molecule has 0 bridgehead atoms. The summed E-state index contributed by atoms with van der Waals surface area (Å²) < 4.78 is 5.32. The van der Waals surface area contributed by atoms with E-state index in [1.165, 1.54) is 5.56 Å². The van der Waals surface area contributed by atoms with Crippen LogP contribution in [0.2, 0.25) is 0 Å². The molecule has 0 fully saturated rings. The maximum Gasteiger partial charge on any atom is 0.306 e. The maximum atomic E-state index is 12.9. The molecule has 0 radical (unpaired) electrons. The van der Waals surface area contributed by atoms with Gasteiger partial charge in [0.1, 0.15) is 0 Å². The minimum absolute atomic E-state index is 0.0545. The molecule has 0 saturated carbocycles. The molecule has 0 aliphatic rings. The Morgan fingerprint density at radius 2 is 1.70 bits per heavy atom. The Bertz CT molecular complexity index is 1060. The molecule has 1 N–H and O–H groups in total. The third-order valence-corrected chi connectivity index (χ3v) is 5.19. The van der Waals surface area contributed by atoms with Gasteiger partial charge in [0.15, 0.2) is 11.9 Å². The van der Waals surface area contributed by atoms with Crippen LogP contribution in [0.4, 0.5) is 0 Å². The van der Waals surface area contributed by atoms with Crippen LogP contribution in [-0.2, 0) is 16.0 Å². The second-order valence-electron chi connectivity index (χ2n) is 7.54. The van der Waals surface area contributed by atoms with Crippen LogP contribution in [0.15, 0.2) is 48.5 Å². The maximum absolute atomic E-state index is 12.9. The molecule has 156 valence electrons. The number of esters is 1. The van der Waals surface area contributed by atoms with Gasteiger partial charge in [-0.05, 0) is 31.9 Å². The van der Waals surface area contributed by atoms with Crippen LogP contribution in [0.3, 0.4) is 0 Å². The Kier molecular flexibility index (Phi) is 6.83. The molecule has 3 rings (SSSR count). The van der Waals surface area contributed by atoms with Gasteiger partial charge in [0, 0.05) is 34.1 Å². The molecule has 0 aliphatic carbocycles. The lowest BCUT2D eigenvalue weighted by molar-refractivity contribution is -0.146. The third kappa shape index (κ3) is 4.85. The standard InChI is InChI=1S/C25H27NO4/c1-4-7-18-10-12-19(13-11-18)22(27)14-15-23(28)30-17(3)25(29)24-16(2)26-21-9-6-5-8-20(21)24/h5-6,8-13,17,26H,4,7,14-15H2,1-3H3/t17-/m0/s1. The summed E-state index contributed by atoms with van der Waals surface area (Å²) >= 11 is 0. The predicted molar refractivity (Wildman–Crippen MR) is 117 cm³/mol. The normalized spacial score (nSPS) is 12.0. The third-order valence-electron chi connectivity index (χ3n) is 5.19. The molecule has 1 atom stereocenters. The van der Waals surface area contributed by atoms with Crippen molar-refractivity contribution in [3.63, 3.8) is 0 Å². The number of aryl methyl sites for hydroxylation is 2. The van der Waals surface area contributed by atoms with Crippen molar-refractivity contribution in [3.05, 3.63) is 70.9 Å². The Morgan fingerprint density at radius 3 is 2.40 bits per heavy atom. The topological polar surface area (TPSA) is 76.2 Å². The summed E-state index contributed by atoms with van der Waals surface area (Å²) in [6, 6.07) is 15.0. The second kappa shape index (κ2) is 9.53. The summed E-state index contributed by atoms with van der Waals surface area (Å²) in [5.41, 5.74) is 3.92. The number of hydrogen-bond donors (Lipinski definition) is 1. The number of hydrogen-bond acceptors (Lipinski definition) is 4. The van der Waals surface area contributed by atoms with Crippen molar-refractivity contribution in [2.75, 3.05) is 0 Å². The van der Waals surface area contributed by atoms with E-state index in [0.717, 1.165) is 29.4 Å². The van der Waals surface area contributed by atoms with Gasteiger partial charge in [-0.25, -0.2) is 0 Å². The number of ether oxygens (including phenoxy) is 1. The van der Waals surface area contributed by atoms with Crippen molar-refractivity contribution in [3.8, 4) is 0 Å². The predicted octanol–water partition coefficient (Wildman–Crippen LogP) is 5.21. The number of carbonyl (C=O) groups is 3. The summed E-state index contributed by atoms with van der Waals surface area (Å²) in [7, 11) is 0. The highest BCUT2D eigenvalue weighted by Crippen LogP contribution is 2.24. The summed E-state index contributed by atoms with van der Waals surface area (Å²) in [6.45, 7) is 5.50. The van der Waals surface area contributed by atoms with Gasteiger partial charge in [-0.2, -0.15) is 0 Å². The van der Waals surface area contributed by atoms with Crippen LogP contribution in [0.1, 0.15) is 65.1 Å². The lowest BCUT2D eigenvalue weighted by atomic mass is 10.0. The number of Topliss-reactive ketones (excluding diaryl/α,β-unsaturated/α-hetero) is 2. The van der Waals surface area contributed by atoms with Crippen molar-refractivity contribution in [2.24, 2.45) is 0 Å². The van der Waals surface area contributed by atoms with Crippen molar-refractivity contribution in [1.29, 1.82) is 0 Å². The second-order valence-corrected chi connectivity index (χ2v) is 7.54. The minimum atomic E-state index is -0.918. The Hall–Kier alpha value is -3.21. The van der Waals surface area contributed by atoms with Crippen molar-refractivity contribution in [1.82, 2.24) is 4.98 Å². The van der Waals surface area contributed by atoms with Crippen molar-refractivity contribution < 1.29 is 19.1 Å². The number of aromatic nitrogens is 1. The summed E-state index contributed by atoms with van der Waals surface area (Å²) in [5.74, 6) is -0.915. The first-order valence-electron chi connectivity index (χ1n) is 10.3. The largest absolute Gasteiger partial charge is 0.454 e. The first-order chi connectivity index (χ1) is 14.4. The number of fused-ring (bicyclic) bond motifs is 1. The smallest absolute Gasteiger partial charge is 0.306 e. The van der Waals surface area contributed by atoms with E-state index in [-0.39, 0.29) is 24.4 Å². The molecule has 0 amide bonds. The Morgan fingerprint density at radius 1 is 1.00 bits per heavy atom. The zero-order valence-corrected chi connectivity index (χ0v) is 17.7. The van der Waals surface area contributed by atoms with Gasteiger partial charge in [-0.1, -0.05) is 55.8 Å². The van der Waals surface area contributed by atoms with Gasteiger partial charge in [0.05, 0.1) is 6.42 Å². The lowest BCUT2D eigenvalue weighted by Gasteiger charge is -2.12. The Balaban J connectivity index is 1.57. The van der Waals surface area contributed by atoms with E-state index in [9.17, 15) is 14.4 Å². The summed E-state index contributed by atoms with van der Waals surface area (Å²) in [5, 5.41) is 0.810. The van der Waals surface area contributed by atoms with Crippen LogP contribution >= 0.6 is 0 Å². The molecule has 0 aliphatic heterocycles. The van der Waals surface area contributed by atoms with E-state index in [1.807, 2.05) is 43.3 Å². The van der Waals surface area contributed by atoms with E-state index < -0.39 is 12.1 Å². The number of carbonyl (C=O) groups excluding carboxylic acids is 3. The zero-order chi connectivity index (χ0) is 21.7. The van der Waals surface area contributed by atoms with Crippen molar-refractivity contribution >= 4 is 28.4 Å². The highest BCUT2D eigenvalue weighted by molar-refractivity contribution is 6.11. The molecule has 2 aromatic carbocycles. The van der Waals surface area contributed by atoms with Crippen molar-refractivity contribution in [2.45, 2.75) is 52.6 Å². The average Bonchev–Trinajstić information content (AvgIpc) is 3.07. The molecule has 0 saturated heterocycles. The molecule has 5 heteroatoms. The molecule has 5 nitrogen and oxygen atoms in total. The van der Waals surface area contributed by atoms with Crippen LogP contribution in [0.5, 0.6) is 0 Å². The molecular weight excluding hydrogens is 378 g/mol. The van der Waals surface area contributed by atoms with Crippen LogP contribution in [-0.4, -0.2) is 28.6 Å². The zero-order valence-electron chi connectivity index (χ0n) is 17.7. The number of rotatable bonds is 9. The van der Waals surface area contributed by atoms with Gasteiger partial charge in [-0.15, -0.1) is 0 Å². The molecular formula is C25H27NO4. The van der Waals surface area contributed by atoms with E-state index in [2.05, 4.69) is 11.9 Å². The number of nitrogens with one attached hydrogen (secondary N) is 1. The number of benzene rings is 2. The van der Waals surface area contributed by atoms with E-state index in [0.29, 0.717) is 11.1 Å². The van der Waals surface area contributed by atoms with Gasteiger partial charge in [-0.3, -0.25) is 14.4 Å². The average molecular weight is 405 g/mol. The number of aromatic amines is 1. The molecule has 0 unspecified atom stereocenters. The number of para-hydroxylation sites is 1. The first-order valence-corrected chi connectivity index (χ1v) is 10.3. The minimum Gasteiger partial charge on any atom is -0.454 e. The van der Waals surface area contributed by atoms with Crippen LogP contribution < -0.4 is 0 Å². The fourth-order valence-electron chi connectivity index (χ4n) is 3.61. The number of H-pyrrole nitrogens is 1. The number of ketones is 2. The van der Waals surface area contributed by atoms with Gasteiger partial charge >= 0.3 is 5.97 Å². The van der Waals surface area contributed by atoms with Gasteiger partial charge in [0.25, 0.3) is 0 Å². The Labute approximate surface area is 176 Å². The monoisotopic (exact) mass is 405 g/mol. The first kappa shape index (κ1) is 21.5.